The van der Waals surface area contributed by atoms with Crippen molar-refractivity contribution in [3.8, 4) is 17.2 Å². The first-order chi connectivity index (χ1) is 13.1. The molecule has 0 N–H and O–H groups in total. The van der Waals surface area contributed by atoms with E-state index in [1.807, 2.05) is 0 Å². The molecule has 2 aromatic carbocycles. The maximum absolute atomic E-state index is 15.1. The summed E-state index contributed by atoms with van der Waals surface area (Å²) in [5.74, 6) is -6.84. The number of nitrogens with zero attached hydrogens (tertiary/aromatic N) is 1. The molecule has 0 aliphatic rings. The van der Waals surface area contributed by atoms with E-state index in [2.05, 4.69) is 31.9 Å². The van der Waals surface area contributed by atoms with Crippen LogP contribution in [-0.4, -0.2) is 18.3 Å². The molecule has 156 valence electrons. The van der Waals surface area contributed by atoms with Gasteiger partial charge in [0.05, 0.1) is 11.6 Å². The molecule has 2 rings (SSSR count). The Balaban J connectivity index is 3.08. The summed E-state index contributed by atoms with van der Waals surface area (Å²) in [4.78, 5) is 0. The lowest BCUT2D eigenvalue weighted by Crippen LogP contribution is -2.60. The smallest absolute Gasteiger partial charge is 0.221 e. The molecule has 0 saturated carbocycles. The molecule has 0 fully saturated rings. The Morgan fingerprint density at radius 3 is 1.83 bits per heavy atom. The van der Waals surface area contributed by atoms with Gasteiger partial charge in [-0.1, -0.05) is 50.1 Å². The number of alkyl halides is 9. The fraction of sp³-hybridized carbons (Fsp3) is 0.235. The molecule has 0 heterocycles. The predicted octanol–water partition coefficient (Wildman–Crippen LogP) is 7.67. The average molecular weight is 555 g/mol. The number of hydrogen-bond acceptors (Lipinski definition) is 1. The van der Waals surface area contributed by atoms with Crippen LogP contribution < -0.4 is 0 Å². The summed E-state index contributed by atoms with van der Waals surface area (Å²) in [6.07, 6.45) is -13.5. The van der Waals surface area contributed by atoms with Crippen molar-refractivity contribution < 1.29 is 39.5 Å². The van der Waals surface area contributed by atoms with Crippen molar-refractivity contribution in [3.63, 3.8) is 0 Å². The van der Waals surface area contributed by atoms with Crippen molar-refractivity contribution in [1.82, 2.24) is 0 Å². The van der Waals surface area contributed by atoms with Crippen LogP contribution in [0.3, 0.4) is 0 Å². The van der Waals surface area contributed by atoms with Crippen molar-refractivity contribution >= 4 is 31.9 Å². The lowest BCUT2D eigenvalue weighted by molar-refractivity contribution is -0.389. The SMILES string of the molecule is N#Cc1ccccc1-c1c(Br)cc(Br)cc1C(F)(C(F)(F)F)C(F)(F)C(F)(F)F. The highest BCUT2D eigenvalue weighted by molar-refractivity contribution is 9.11. The highest BCUT2D eigenvalue weighted by atomic mass is 79.9. The van der Waals surface area contributed by atoms with Gasteiger partial charge < -0.3 is 0 Å². The third kappa shape index (κ3) is 3.74. The van der Waals surface area contributed by atoms with Crippen LogP contribution in [0.25, 0.3) is 11.1 Å². The van der Waals surface area contributed by atoms with Crippen molar-refractivity contribution in [1.29, 1.82) is 5.26 Å². The zero-order chi connectivity index (χ0) is 22.4. The van der Waals surface area contributed by atoms with E-state index < -0.39 is 49.6 Å². The van der Waals surface area contributed by atoms with E-state index in [4.69, 9.17) is 5.26 Å². The third-order valence-electron chi connectivity index (χ3n) is 3.92. The van der Waals surface area contributed by atoms with Crippen LogP contribution in [0.15, 0.2) is 45.3 Å². The molecule has 0 bridgehead atoms. The maximum atomic E-state index is 15.1. The Bertz CT molecular complexity index is 976. The van der Waals surface area contributed by atoms with E-state index in [-0.39, 0.29) is 11.6 Å². The predicted molar refractivity (Wildman–Crippen MR) is 91.8 cm³/mol. The summed E-state index contributed by atoms with van der Waals surface area (Å²) in [5, 5.41) is 9.15. The average Bonchev–Trinajstić information content (AvgIpc) is 2.58. The molecule has 0 spiro atoms. The second-order valence-corrected chi connectivity index (χ2v) is 7.47. The second kappa shape index (κ2) is 7.50. The first-order valence-electron chi connectivity index (χ1n) is 7.28. The summed E-state index contributed by atoms with van der Waals surface area (Å²) in [7, 11) is 0. The van der Waals surface area contributed by atoms with Crippen LogP contribution in [0.1, 0.15) is 11.1 Å². The highest BCUT2D eigenvalue weighted by Gasteiger charge is 2.82. The van der Waals surface area contributed by atoms with Gasteiger partial charge in [-0.15, -0.1) is 0 Å². The Kier molecular flexibility index (Phi) is 6.09. The largest absolute Gasteiger partial charge is 0.457 e. The minimum atomic E-state index is -6.86. The fourth-order valence-corrected chi connectivity index (χ4v) is 4.05. The molecule has 0 amide bonds. The molecule has 1 atom stereocenters. The molecular weight excluding hydrogens is 549 g/mol. The Morgan fingerprint density at radius 2 is 1.34 bits per heavy atom. The standard InChI is InChI=1S/C17H6Br2F9N/c18-9-5-11(14(20,16(23,24)25)15(21,22)17(26,27)28)13(12(19)6-9)10-4-2-1-3-8(10)7-29/h1-6H. The molecule has 0 radical (unpaired) electrons. The van der Waals surface area contributed by atoms with Gasteiger partial charge in [-0.05, 0) is 18.2 Å². The van der Waals surface area contributed by atoms with Gasteiger partial charge in [0.25, 0.3) is 0 Å². The molecular formula is C17H6Br2F9N. The Labute approximate surface area is 174 Å². The molecule has 1 nitrogen and oxygen atoms in total. The lowest BCUT2D eigenvalue weighted by atomic mass is 9.82. The van der Waals surface area contributed by atoms with Crippen molar-refractivity contribution in [2.24, 2.45) is 0 Å². The van der Waals surface area contributed by atoms with Crippen LogP contribution in [0, 0.1) is 11.3 Å². The quantitative estimate of drug-likeness (QED) is 0.357. The zero-order valence-electron chi connectivity index (χ0n) is 13.6. The van der Waals surface area contributed by atoms with Gasteiger partial charge in [0, 0.05) is 25.6 Å². The Morgan fingerprint density at radius 1 is 0.793 bits per heavy atom. The van der Waals surface area contributed by atoms with Gasteiger partial charge in [-0.3, -0.25) is 0 Å². The third-order valence-corrected chi connectivity index (χ3v) is 5.01. The van der Waals surface area contributed by atoms with Gasteiger partial charge in [0.15, 0.2) is 0 Å². The molecule has 2 aromatic rings. The van der Waals surface area contributed by atoms with Crippen molar-refractivity contribution in [3.05, 3.63) is 56.5 Å². The minimum Gasteiger partial charge on any atom is -0.221 e. The molecule has 12 heteroatoms. The molecule has 29 heavy (non-hydrogen) atoms. The van der Waals surface area contributed by atoms with E-state index in [9.17, 15) is 35.1 Å². The van der Waals surface area contributed by atoms with E-state index in [1.165, 1.54) is 12.1 Å². The number of halogens is 11. The van der Waals surface area contributed by atoms with Gasteiger partial charge in [-0.2, -0.15) is 40.4 Å². The van der Waals surface area contributed by atoms with Crippen LogP contribution >= 0.6 is 31.9 Å². The maximum Gasteiger partial charge on any atom is 0.457 e. The summed E-state index contributed by atoms with van der Waals surface area (Å²) in [5.41, 5.74) is -9.95. The number of rotatable bonds is 3. The summed E-state index contributed by atoms with van der Waals surface area (Å²) < 4.78 is 121. The molecule has 0 aromatic heterocycles. The van der Waals surface area contributed by atoms with E-state index in [1.54, 1.807) is 6.07 Å². The summed E-state index contributed by atoms with van der Waals surface area (Å²) in [6.45, 7) is 0. The monoisotopic (exact) mass is 553 g/mol. The summed E-state index contributed by atoms with van der Waals surface area (Å²) in [6, 6.07) is 7.35. The van der Waals surface area contributed by atoms with Crippen molar-refractivity contribution in [2.45, 2.75) is 23.9 Å². The topological polar surface area (TPSA) is 23.8 Å². The molecule has 0 saturated heterocycles. The van der Waals surface area contributed by atoms with E-state index in [0.717, 1.165) is 18.2 Å². The molecule has 0 aliphatic carbocycles. The van der Waals surface area contributed by atoms with Gasteiger partial charge in [0.2, 0.25) is 0 Å². The first-order valence-corrected chi connectivity index (χ1v) is 8.87. The van der Waals surface area contributed by atoms with Crippen LogP contribution in [0.5, 0.6) is 0 Å². The second-order valence-electron chi connectivity index (χ2n) is 5.70. The first kappa shape index (κ1) is 23.5. The van der Waals surface area contributed by atoms with Crippen LogP contribution in [-0.2, 0) is 5.67 Å². The van der Waals surface area contributed by atoms with Crippen LogP contribution in [0.2, 0.25) is 0 Å². The number of benzene rings is 2. The summed E-state index contributed by atoms with van der Waals surface area (Å²) >= 11 is 5.45. The van der Waals surface area contributed by atoms with Gasteiger partial charge >= 0.3 is 23.9 Å². The van der Waals surface area contributed by atoms with Gasteiger partial charge in [-0.25, -0.2) is 4.39 Å². The van der Waals surface area contributed by atoms with Crippen molar-refractivity contribution in [2.75, 3.05) is 0 Å². The zero-order valence-corrected chi connectivity index (χ0v) is 16.7. The minimum absolute atomic E-state index is 0.182. The van der Waals surface area contributed by atoms with E-state index in [0.29, 0.717) is 0 Å². The Hall–Kier alpha value is -1.74. The van der Waals surface area contributed by atoms with Crippen LogP contribution in [0.4, 0.5) is 39.5 Å². The highest BCUT2D eigenvalue weighted by Crippen LogP contribution is 2.60. The number of nitriles is 1. The number of hydrogen-bond donors (Lipinski definition) is 0. The molecule has 0 aliphatic heterocycles. The lowest BCUT2D eigenvalue weighted by Gasteiger charge is -2.37. The normalized spacial score (nSPS) is 15.0. The molecule has 1 unspecified atom stereocenters. The van der Waals surface area contributed by atoms with Gasteiger partial charge in [0.1, 0.15) is 0 Å². The van der Waals surface area contributed by atoms with E-state index >= 15 is 4.39 Å². The fourth-order valence-electron chi connectivity index (χ4n) is 2.61.